The number of amides is 1. The number of rotatable bonds is 10. The van der Waals surface area contributed by atoms with Gasteiger partial charge in [0.1, 0.15) is 0 Å². The average molecular weight is 302 g/mol. The van der Waals surface area contributed by atoms with E-state index in [1.807, 2.05) is 19.6 Å². The van der Waals surface area contributed by atoms with Crippen LogP contribution in [0.4, 0.5) is 0 Å². The lowest BCUT2D eigenvalue weighted by atomic mass is 10.2. The number of hydrogen-bond donors (Lipinski definition) is 1. The van der Waals surface area contributed by atoms with Crippen molar-refractivity contribution in [3.05, 3.63) is 0 Å². The summed E-state index contributed by atoms with van der Waals surface area (Å²) in [6.07, 6.45) is 2.33. The van der Waals surface area contributed by atoms with E-state index in [1.54, 1.807) is 0 Å². The third kappa shape index (κ3) is 10.4. The molecule has 0 aromatic heterocycles. The standard InChI is InChI=1S/C12H22N2O5Si/c1-20(2,3)19-12(11(13)17)18-10(16)7-5-4-6-8-14-9-15/h12H,4-8H2,1-3H3,(H2,13,17). The minimum Gasteiger partial charge on any atom is -0.427 e. The van der Waals surface area contributed by atoms with Crippen molar-refractivity contribution in [2.75, 3.05) is 6.54 Å². The SMILES string of the molecule is C[Si](C)(C)OC(OC(=O)CCCCCN=C=O)C(N)=O. The molecule has 1 atom stereocenters. The highest BCUT2D eigenvalue weighted by atomic mass is 28.4. The molecule has 20 heavy (non-hydrogen) atoms. The van der Waals surface area contributed by atoms with Crippen LogP contribution in [0.1, 0.15) is 25.7 Å². The molecule has 0 spiro atoms. The zero-order valence-corrected chi connectivity index (χ0v) is 13.2. The number of carbonyl (C=O) groups excluding carboxylic acids is 3. The van der Waals surface area contributed by atoms with Crippen molar-refractivity contribution in [3.63, 3.8) is 0 Å². The predicted molar refractivity (Wildman–Crippen MR) is 75.0 cm³/mol. The van der Waals surface area contributed by atoms with Gasteiger partial charge in [-0.3, -0.25) is 9.59 Å². The van der Waals surface area contributed by atoms with E-state index in [2.05, 4.69) is 4.99 Å². The van der Waals surface area contributed by atoms with E-state index in [4.69, 9.17) is 14.9 Å². The van der Waals surface area contributed by atoms with Crippen LogP contribution < -0.4 is 5.73 Å². The maximum atomic E-state index is 11.6. The maximum Gasteiger partial charge on any atom is 0.308 e. The summed E-state index contributed by atoms with van der Waals surface area (Å²) in [4.78, 5) is 35.9. The number of nitrogens with zero attached hydrogens (tertiary/aromatic N) is 1. The Morgan fingerprint density at radius 2 is 1.90 bits per heavy atom. The van der Waals surface area contributed by atoms with E-state index in [0.29, 0.717) is 19.4 Å². The molecule has 0 aromatic rings. The fraction of sp³-hybridized carbons (Fsp3) is 0.750. The van der Waals surface area contributed by atoms with Gasteiger partial charge in [0, 0.05) is 6.42 Å². The van der Waals surface area contributed by atoms with E-state index >= 15 is 0 Å². The van der Waals surface area contributed by atoms with E-state index in [1.165, 1.54) is 6.08 Å². The summed E-state index contributed by atoms with van der Waals surface area (Å²) in [6.45, 7) is 6.00. The van der Waals surface area contributed by atoms with Gasteiger partial charge in [0.25, 0.3) is 12.2 Å². The van der Waals surface area contributed by atoms with Crippen LogP contribution in [0.15, 0.2) is 4.99 Å². The van der Waals surface area contributed by atoms with Crippen LogP contribution in [-0.4, -0.2) is 39.1 Å². The summed E-state index contributed by atoms with van der Waals surface area (Å²) < 4.78 is 10.3. The summed E-state index contributed by atoms with van der Waals surface area (Å²) in [6, 6.07) is 0. The van der Waals surface area contributed by atoms with E-state index in [9.17, 15) is 14.4 Å². The lowest BCUT2D eigenvalue weighted by molar-refractivity contribution is -0.172. The van der Waals surface area contributed by atoms with Gasteiger partial charge in [-0.05, 0) is 32.5 Å². The molecule has 2 N–H and O–H groups in total. The Hall–Kier alpha value is -1.50. The monoisotopic (exact) mass is 302 g/mol. The molecular formula is C12H22N2O5Si. The van der Waals surface area contributed by atoms with Gasteiger partial charge >= 0.3 is 5.97 Å². The van der Waals surface area contributed by atoms with Crippen LogP contribution >= 0.6 is 0 Å². The molecule has 0 fully saturated rings. The van der Waals surface area contributed by atoms with Crippen molar-refractivity contribution in [1.82, 2.24) is 0 Å². The van der Waals surface area contributed by atoms with Gasteiger partial charge in [-0.2, -0.15) is 0 Å². The molecule has 8 heteroatoms. The van der Waals surface area contributed by atoms with Crippen molar-refractivity contribution in [2.45, 2.75) is 51.6 Å². The molecule has 0 rings (SSSR count). The second-order valence-corrected chi connectivity index (χ2v) is 9.70. The number of unbranched alkanes of at least 4 members (excludes halogenated alkanes) is 2. The van der Waals surface area contributed by atoms with Crippen LogP contribution in [0.25, 0.3) is 0 Å². The highest BCUT2D eigenvalue weighted by Crippen LogP contribution is 2.10. The van der Waals surface area contributed by atoms with Gasteiger partial charge in [0.2, 0.25) is 6.08 Å². The summed E-state index contributed by atoms with van der Waals surface area (Å²) in [7, 11) is -2.03. The first kappa shape index (κ1) is 18.5. The lowest BCUT2D eigenvalue weighted by Gasteiger charge is -2.23. The van der Waals surface area contributed by atoms with Crippen molar-refractivity contribution in [3.8, 4) is 0 Å². The zero-order chi connectivity index (χ0) is 15.6. The Balaban J connectivity index is 4.02. The highest BCUT2D eigenvalue weighted by Gasteiger charge is 2.28. The van der Waals surface area contributed by atoms with Crippen LogP contribution in [0.2, 0.25) is 19.6 Å². The first-order valence-electron chi connectivity index (χ1n) is 6.46. The highest BCUT2D eigenvalue weighted by molar-refractivity contribution is 6.69. The second kappa shape index (κ2) is 9.41. The van der Waals surface area contributed by atoms with E-state index in [-0.39, 0.29) is 6.42 Å². The number of isocyanates is 1. The number of carbonyl (C=O) groups is 2. The minimum absolute atomic E-state index is 0.170. The largest absolute Gasteiger partial charge is 0.427 e. The number of primary amides is 1. The van der Waals surface area contributed by atoms with Gasteiger partial charge < -0.3 is 14.9 Å². The van der Waals surface area contributed by atoms with E-state index < -0.39 is 26.5 Å². The molecule has 0 heterocycles. The van der Waals surface area contributed by atoms with Crippen molar-refractivity contribution in [1.29, 1.82) is 0 Å². The number of ether oxygens (including phenoxy) is 1. The van der Waals surface area contributed by atoms with Gasteiger partial charge in [0.05, 0.1) is 6.54 Å². The quantitative estimate of drug-likeness (QED) is 0.162. The smallest absolute Gasteiger partial charge is 0.308 e. The molecule has 0 saturated carbocycles. The van der Waals surface area contributed by atoms with Gasteiger partial charge in [0.15, 0.2) is 8.32 Å². The van der Waals surface area contributed by atoms with E-state index in [0.717, 1.165) is 6.42 Å². The molecule has 0 aliphatic heterocycles. The Labute approximate surface area is 119 Å². The van der Waals surface area contributed by atoms with Crippen LogP contribution in [0, 0.1) is 0 Å². The topological polar surface area (TPSA) is 108 Å². The van der Waals surface area contributed by atoms with Gasteiger partial charge in [-0.25, -0.2) is 9.79 Å². The fourth-order valence-electron chi connectivity index (χ4n) is 1.32. The second-order valence-electron chi connectivity index (χ2n) is 5.24. The average Bonchev–Trinajstić information content (AvgIpc) is 2.31. The number of aliphatic imine (C=N–C) groups is 1. The molecule has 0 aromatic carbocycles. The first-order valence-corrected chi connectivity index (χ1v) is 9.87. The molecule has 0 bridgehead atoms. The maximum absolute atomic E-state index is 11.6. The number of hydrogen-bond acceptors (Lipinski definition) is 6. The zero-order valence-electron chi connectivity index (χ0n) is 12.2. The van der Waals surface area contributed by atoms with Gasteiger partial charge in [-0.15, -0.1) is 0 Å². The van der Waals surface area contributed by atoms with Crippen molar-refractivity contribution in [2.24, 2.45) is 10.7 Å². The number of nitrogens with two attached hydrogens (primary N) is 1. The van der Waals surface area contributed by atoms with Crippen LogP contribution in [0.3, 0.4) is 0 Å². The number of esters is 1. The molecule has 0 saturated heterocycles. The Bertz CT molecular complexity index is 375. The normalized spacial score (nSPS) is 12.3. The molecule has 1 unspecified atom stereocenters. The molecular weight excluding hydrogens is 280 g/mol. The third-order valence-corrected chi connectivity index (χ3v) is 3.07. The summed E-state index contributed by atoms with van der Waals surface area (Å²) in [5, 5.41) is 0. The fourth-order valence-corrected chi connectivity index (χ4v) is 2.13. The Kier molecular flexibility index (Phi) is 8.70. The summed E-state index contributed by atoms with van der Waals surface area (Å²) >= 11 is 0. The summed E-state index contributed by atoms with van der Waals surface area (Å²) in [5.41, 5.74) is 5.13. The third-order valence-electron chi connectivity index (χ3n) is 2.15. The minimum atomic E-state index is -2.03. The molecule has 114 valence electrons. The van der Waals surface area contributed by atoms with Crippen molar-refractivity contribution >= 4 is 26.3 Å². The molecule has 1 amide bonds. The van der Waals surface area contributed by atoms with Crippen LogP contribution in [0.5, 0.6) is 0 Å². The molecule has 0 aliphatic rings. The summed E-state index contributed by atoms with van der Waals surface area (Å²) in [5.74, 6) is -1.33. The molecule has 0 aliphatic carbocycles. The van der Waals surface area contributed by atoms with Crippen LogP contribution in [-0.2, 0) is 23.5 Å². The molecule has 0 radical (unpaired) electrons. The Morgan fingerprint density at radius 1 is 1.25 bits per heavy atom. The van der Waals surface area contributed by atoms with Crippen molar-refractivity contribution < 1.29 is 23.5 Å². The predicted octanol–water partition coefficient (Wildman–Crippen LogP) is 1.09. The molecule has 7 nitrogen and oxygen atoms in total. The first-order chi connectivity index (χ1) is 9.26. The lowest BCUT2D eigenvalue weighted by Crippen LogP contribution is -2.42. The Morgan fingerprint density at radius 3 is 2.40 bits per heavy atom. The van der Waals surface area contributed by atoms with Gasteiger partial charge in [-0.1, -0.05) is 6.42 Å².